The van der Waals surface area contributed by atoms with E-state index in [1.54, 1.807) is 0 Å². The molecule has 1 aromatic rings. The molecule has 1 fully saturated rings. The van der Waals surface area contributed by atoms with Gasteiger partial charge in [-0.2, -0.15) is 0 Å². The van der Waals surface area contributed by atoms with Gasteiger partial charge in [0.15, 0.2) is 0 Å². The molecule has 0 aromatic heterocycles. The second-order valence-corrected chi connectivity index (χ2v) is 7.48. The van der Waals surface area contributed by atoms with Gasteiger partial charge in [0.2, 0.25) is 0 Å². The summed E-state index contributed by atoms with van der Waals surface area (Å²) in [6.07, 6.45) is 7.76. The van der Waals surface area contributed by atoms with Gasteiger partial charge in [-0.25, -0.2) is 0 Å². The Labute approximate surface area is 120 Å². The van der Waals surface area contributed by atoms with E-state index in [-0.39, 0.29) is 0 Å². The maximum Gasteiger partial charge on any atom is 0.0618 e. The summed E-state index contributed by atoms with van der Waals surface area (Å²) in [4.78, 5) is 0.786. The SMILES string of the molecule is Nc1cc(Br)ccc1S(=O)CCC1CCCCC1. The van der Waals surface area contributed by atoms with E-state index in [1.165, 1.54) is 32.1 Å². The molecule has 1 aliphatic rings. The summed E-state index contributed by atoms with van der Waals surface area (Å²) in [5, 5.41) is 0. The van der Waals surface area contributed by atoms with E-state index in [4.69, 9.17) is 5.73 Å². The lowest BCUT2D eigenvalue weighted by atomic mass is 9.88. The highest BCUT2D eigenvalue weighted by Crippen LogP contribution is 2.28. The number of nitrogen functional groups attached to an aromatic ring is 1. The van der Waals surface area contributed by atoms with Crippen LogP contribution in [0, 0.1) is 5.92 Å². The van der Waals surface area contributed by atoms with Gasteiger partial charge in [-0.3, -0.25) is 4.21 Å². The van der Waals surface area contributed by atoms with Crippen molar-refractivity contribution in [1.29, 1.82) is 0 Å². The maximum absolute atomic E-state index is 12.2. The lowest BCUT2D eigenvalue weighted by Crippen LogP contribution is -2.11. The van der Waals surface area contributed by atoms with Crippen molar-refractivity contribution < 1.29 is 4.21 Å². The zero-order valence-corrected chi connectivity index (χ0v) is 12.9. The molecule has 0 radical (unpaired) electrons. The van der Waals surface area contributed by atoms with Crippen molar-refractivity contribution in [1.82, 2.24) is 0 Å². The van der Waals surface area contributed by atoms with E-state index in [0.717, 1.165) is 27.5 Å². The molecular formula is C14H20BrNOS. The Morgan fingerprint density at radius 1 is 1.28 bits per heavy atom. The molecule has 1 aromatic carbocycles. The standard InChI is InChI=1S/C14H20BrNOS/c15-12-6-7-14(13(16)10-12)18(17)9-8-11-4-2-1-3-5-11/h6-7,10-11H,1-5,8-9,16H2. The fourth-order valence-corrected chi connectivity index (χ4v) is 4.27. The van der Waals surface area contributed by atoms with Crippen LogP contribution in [-0.2, 0) is 10.8 Å². The molecule has 0 spiro atoms. The summed E-state index contributed by atoms with van der Waals surface area (Å²) in [5.41, 5.74) is 6.54. The van der Waals surface area contributed by atoms with Crippen LogP contribution in [0.25, 0.3) is 0 Å². The molecule has 1 atom stereocenters. The number of halogens is 1. The van der Waals surface area contributed by atoms with Crippen LogP contribution in [0.4, 0.5) is 5.69 Å². The Hall–Kier alpha value is -0.350. The Morgan fingerprint density at radius 2 is 2.00 bits per heavy atom. The van der Waals surface area contributed by atoms with Crippen molar-refractivity contribution >= 4 is 32.4 Å². The minimum atomic E-state index is -0.951. The number of benzene rings is 1. The van der Waals surface area contributed by atoms with Crippen molar-refractivity contribution in [2.45, 2.75) is 43.4 Å². The molecule has 0 amide bonds. The Kier molecular flexibility index (Phi) is 5.25. The van der Waals surface area contributed by atoms with Crippen LogP contribution in [0.2, 0.25) is 0 Å². The topological polar surface area (TPSA) is 43.1 Å². The third-order valence-corrected chi connectivity index (χ3v) is 5.62. The lowest BCUT2D eigenvalue weighted by molar-refractivity contribution is 0.351. The normalized spacial score (nSPS) is 18.7. The van der Waals surface area contributed by atoms with Gasteiger partial charge >= 0.3 is 0 Å². The summed E-state index contributed by atoms with van der Waals surface area (Å²) >= 11 is 3.37. The highest BCUT2D eigenvalue weighted by atomic mass is 79.9. The molecule has 0 heterocycles. The second-order valence-electron chi connectivity index (χ2n) is 5.02. The molecule has 4 heteroatoms. The van der Waals surface area contributed by atoms with Gasteiger partial charge in [-0.15, -0.1) is 0 Å². The van der Waals surface area contributed by atoms with E-state index < -0.39 is 10.8 Å². The van der Waals surface area contributed by atoms with Gasteiger partial charge in [-0.05, 0) is 30.5 Å². The second kappa shape index (κ2) is 6.71. The average molecular weight is 330 g/mol. The van der Waals surface area contributed by atoms with Crippen LogP contribution >= 0.6 is 15.9 Å². The molecule has 1 unspecified atom stereocenters. The van der Waals surface area contributed by atoms with E-state index in [1.807, 2.05) is 18.2 Å². The highest BCUT2D eigenvalue weighted by Gasteiger charge is 2.15. The predicted molar refractivity (Wildman–Crippen MR) is 81.0 cm³/mol. The molecule has 2 nitrogen and oxygen atoms in total. The molecule has 18 heavy (non-hydrogen) atoms. The summed E-state index contributed by atoms with van der Waals surface area (Å²) in [6.45, 7) is 0. The summed E-state index contributed by atoms with van der Waals surface area (Å²) in [7, 11) is -0.951. The average Bonchev–Trinajstić information content (AvgIpc) is 2.37. The molecule has 100 valence electrons. The zero-order valence-electron chi connectivity index (χ0n) is 10.5. The van der Waals surface area contributed by atoms with Crippen LogP contribution in [0.1, 0.15) is 38.5 Å². The summed E-state index contributed by atoms with van der Waals surface area (Å²) in [6, 6.07) is 5.61. The molecule has 0 aliphatic heterocycles. The molecule has 2 rings (SSSR count). The first kappa shape index (κ1) is 14.1. The van der Waals surface area contributed by atoms with Gasteiger partial charge in [0, 0.05) is 15.9 Å². The minimum absolute atomic E-state index is 0.631. The third-order valence-electron chi connectivity index (χ3n) is 3.65. The molecule has 2 N–H and O–H groups in total. The summed E-state index contributed by atoms with van der Waals surface area (Å²) in [5.74, 6) is 1.52. The number of hydrogen-bond acceptors (Lipinski definition) is 2. The molecule has 0 saturated heterocycles. The Bertz CT molecular complexity index is 430. The van der Waals surface area contributed by atoms with Gasteiger partial charge in [-0.1, -0.05) is 48.0 Å². The van der Waals surface area contributed by atoms with Crippen molar-refractivity contribution in [3.8, 4) is 0 Å². The fraction of sp³-hybridized carbons (Fsp3) is 0.571. The van der Waals surface area contributed by atoms with Crippen LogP contribution in [0.15, 0.2) is 27.6 Å². The molecule has 0 bridgehead atoms. The monoisotopic (exact) mass is 329 g/mol. The molecular weight excluding hydrogens is 310 g/mol. The Morgan fingerprint density at radius 3 is 2.67 bits per heavy atom. The van der Waals surface area contributed by atoms with Crippen molar-refractivity contribution in [2.75, 3.05) is 11.5 Å². The number of anilines is 1. The van der Waals surface area contributed by atoms with Crippen LogP contribution in [0.3, 0.4) is 0 Å². The first-order valence-corrected chi connectivity index (χ1v) is 8.71. The molecule has 1 aliphatic carbocycles. The van der Waals surface area contributed by atoms with Gasteiger partial charge < -0.3 is 5.73 Å². The number of nitrogens with two attached hydrogens (primary N) is 1. The molecule has 1 saturated carbocycles. The van der Waals surface area contributed by atoms with Gasteiger partial charge in [0.1, 0.15) is 0 Å². The third kappa shape index (κ3) is 3.82. The predicted octanol–water partition coefficient (Wildman–Crippen LogP) is 4.11. The first-order valence-electron chi connectivity index (χ1n) is 6.60. The van der Waals surface area contributed by atoms with Gasteiger partial charge in [0.05, 0.1) is 15.7 Å². The smallest absolute Gasteiger partial charge is 0.0618 e. The van der Waals surface area contributed by atoms with Crippen LogP contribution in [0.5, 0.6) is 0 Å². The van der Waals surface area contributed by atoms with Crippen LogP contribution < -0.4 is 5.73 Å². The Balaban J connectivity index is 1.90. The van der Waals surface area contributed by atoms with Crippen molar-refractivity contribution in [2.24, 2.45) is 5.92 Å². The van der Waals surface area contributed by atoms with Gasteiger partial charge in [0.25, 0.3) is 0 Å². The first-order chi connectivity index (χ1) is 8.66. The minimum Gasteiger partial charge on any atom is -0.398 e. The van der Waals surface area contributed by atoms with Crippen LogP contribution in [-0.4, -0.2) is 9.96 Å². The van der Waals surface area contributed by atoms with Crippen molar-refractivity contribution in [3.05, 3.63) is 22.7 Å². The zero-order chi connectivity index (χ0) is 13.0. The number of rotatable bonds is 4. The summed E-state index contributed by atoms with van der Waals surface area (Å²) < 4.78 is 13.2. The highest BCUT2D eigenvalue weighted by molar-refractivity contribution is 9.10. The number of hydrogen-bond donors (Lipinski definition) is 1. The largest absolute Gasteiger partial charge is 0.398 e. The lowest BCUT2D eigenvalue weighted by Gasteiger charge is -2.21. The maximum atomic E-state index is 12.2. The van der Waals surface area contributed by atoms with E-state index >= 15 is 0 Å². The van der Waals surface area contributed by atoms with E-state index in [2.05, 4.69) is 15.9 Å². The quantitative estimate of drug-likeness (QED) is 0.844. The fourth-order valence-electron chi connectivity index (χ4n) is 2.59. The van der Waals surface area contributed by atoms with E-state index in [9.17, 15) is 4.21 Å². The van der Waals surface area contributed by atoms with E-state index in [0.29, 0.717) is 5.69 Å². The van der Waals surface area contributed by atoms with Crippen molar-refractivity contribution in [3.63, 3.8) is 0 Å².